The van der Waals surface area contributed by atoms with Gasteiger partial charge in [-0.3, -0.25) is 9.59 Å². The predicted molar refractivity (Wildman–Crippen MR) is 99.0 cm³/mol. The molecule has 8 heteroatoms. The summed E-state index contributed by atoms with van der Waals surface area (Å²) in [6.07, 6.45) is 8.08. The molecule has 0 saturated carbocycles. The Labute approximate surface area is 157 Å². The third-order valence-corrected chi connectivity index (χ3v) is 5.12. The maximum atomic E-state index is 12.7. The van der Waals surface area contributed by atoms with Gasteiger partial charge in [-0.05, 0) is 60.7 Å². The lowest BCUT2D eigenvalue weighted by Crippen LogP contribution is -2.44. The highest BCUT2D eigenvalue weighted by Gasteiger charge is 2.30. The zero-order chi connectivity index (χ0) is 18.6. The van der Waals surface area contributed by atoms with Crippen LogP contribution in [0.1, 0.15) is 32.1 Å². The molecule has 1 aliphatic heterocycles. The van der Waals surface area contributed by atoms with Crippen LogP contribution >= 0.6 is 0 Å². The van der Waals surface area contributed by atoms with Crippen LogP contribution in [0.4, 0.5) is 5.69 Å². The Morgan fingerprint density at radius 2 is 2.15 bits per heavy atom. The minimum absolute atomic E-state index is 0.0539. The van der Waals surface area contributed by atoms with Gasteiger partial charge in [-0.15, -0.1) is 5.10 Å². The fourth-order valence-corrected chi connectivity index (χ4v) is 3.69. The quantitative estimate of drug-likeness (QED) is 0.893. The molecule has 0 unspecified atom stereocenters. The molecule has 0 radical (unpaired) electrons. The number of aromatic nitrogens is 4. The predicted octanol–water partition coefficient (Wildman–Crippen LogP) is 1.95. The first-order valence-corrected chi connectivity index (χ1v) is 9.33. The van der Waals surface area contributed by atoms with Crippen molar-refractivity contribution in [2.45, 2.75) is 32.1 Å². The van der Waals surface area contributed by atoms with Gasteiger partial charge in [-0.25, -0.2) is 4.68 Å². The summed E-state index contributed by atoms with van der Waals surface area (Å²) in [5, 5.41) is 14.1. The normalized spacial score (nSPS) is 19.6. The lowest BCUT2D eigenvalue weighted by Gasteiger charge is -2.32. The highest BCUT2D eigenvalue weighted by atomic mass is 16.2. The molecule has 0 spiro atoms. The van der Waals surface area contributed by atoms with Crippen LogP contribution in [0.5, 0.6) is 0 Å². The van der Waals surface area contributed by atoms with Gasteiger partial charge in [0.25, 0.3) is 0 Å². The zero-order valence-electron chi connectivity index (χ0n) is 15.0. The lowest BCUT2D eigenvalue weighted by molar-refractivity contribution is -0.131. The van der Waals surface area contributed by atoms with E-state index >= 15 is 0 Å². The molecule has 1 atom stereocenters. The molecular weight excluding hydrogens is 344 g/mol. The van der Waals surface area contributed by atoms with Gasteiger partial charge in [-0.2, -0.15) is 0 Å². The van der Waals surface area contributed by atoms with Crippen LogP contribution < -0.4 is 5.32 Å². The summed E-state index contributed by atoms with van der Waals surface area (Å²) in [7, 11) is 0. The number of tetrazole rings is 1. The van der Waals surface area contributed by atoms with Crippen LogP contribution in [-0.2, 0) is 9.59 Å². The molecule has 2 amide bonds. The van der Waals surface area contributed by atoms with Crippen molar-refractivity contribution in [2.24, 2.45) is 5.92 Å². The third-order valence-electron chi connectivity index (χ3n) is 5.12. The average molecular weight is 366 g/mol. The number of benzene rings is 1. The van der Waals surface area contributed by atoms with Crippen molar-refractivity contribution in [3.05, 3.63) is 42.2 Å². The summed E-state index contributed by atoms with van der Waals surface area (Å²) in [6, 6.07) is 7.36. The molecule has 1 aliphatic carbocycles. The van der Waals surface area contributed by atoms with Crippen LogP contribution in [0.15, 0.2) is 42.2 Å². The number of carbonyl (C=O) groups is 2. The Morgan fingerprint density at radius 3 is 2.93 bits per heavy atom. The number of allylic oxidation sites excluding steroid dienone is 1. The van der Waals surface area contributed by atoms with Gasteiger partial charge in [0.1, 0.15) is 6.33 Å². The summed E-state index contributed by atoms with van der Waals surface area (Å²) < 4.78 is 1.53. The maximum absolute atomic E-state index is 12.7. The first-order valence-electron chi connectivity index (χ1n) is 9.33. The number of hydrogen-bond acceptors (Lipinski definition) is 5. The topological polar surface area (TPSA) is 93.0 Å². The van der Waals surface area contributed by atoms with Crippen LogP contribution in [0, 0.1) is 5.92 Å². The average Bonchev–Trinajstić information content (AvgIpc) is 3.42. The lowest BCUT2D eigenvalue weighted by atomic mass is 9.96. The Bertz CT molecular complexity index is 861. The van der Waals surface area contributed by atoms with Gasteiger partial charge >= 0.3 is 0 Å². The first kappa shape index (κ1) is 17.4. The largest absolute Gasteiger partial charge is 0.338 e. The summed E-state index contributed by atoms with van der Waals surface area (Å²) >= 11 is 0. The van der Waals surface area contributed by atoms with E-state index in [1.54, 1.807) is 0 Å². The fourth-order valence-electron chi connectivity index (χ4n) is 3.69. The second-order valence-electron chi connectivity index (χ2n) is 7.01. The number of hydrogen-bond donors (Lipinski definition) is 1. The third kappa shape index (κ3) is 3.89. The monoisotopic (exact) mass is 366 g/mol. The summed E-state index contributed by atoms with van der Waals surface area (Å²) in [4.78, 5) is 27.2. The number of carbonyl (C=O) groups excluding carboxylic acids is 2. The number of amides is 2. The molecule has 1 N–H and O–H groups in total. The Balaban J connectivity index is 1.41. The van der Waals surface area contributed by atoms with Gasteiger partial charge in [-0.1, -0.05) is 12.1 Å². The van der Waals surface area contributed by atoms with Gasteiger partial charge in [0, 0.05) is 24.4 Å². The van der Waals surface area contributed by atoms with Gasteiger partial charge in [0.05, 0.1) is 11.6 Å². The summed E-state index contributed by atoms with van der Waals surface area (Å²) in [5.74, 6) is -0.145. The number of piperidine rings is 1. The van der Waals surface area contributed by atoms with Crippen molar-refractivity contribution >= 4 is 17.5 Å². The number of anilines is 1. The van der Waals surface area contributed by atoms with E-state index in [0.717, 1.165) is 49.9 Å². The number of nitrogens with one attached hydrogen (secondary N) is 1. The van der Waals surface area contributed by atoms with Gasteiger partial charge in [0.15, 0.2) is 0 Å². The molecule has 0 bridgehead atoms. The van der Waals surface area contributed by atoms with E-state index in [1.165, 1.54) is 11.0 Å². The van der Waals surface area contributed by atoms with Crippen molar-refractivity contribution in [3.63, 3.8) is 0 Å². The van der Waals surface area contributed by atoms with Gasteiger partial charge < -0.3 is 10.2 Å². The summed E-state index contributed by atoms with van der Waals surface area (Å²) in [5.41, 5.74) is 2.37. The molecule has 2 heterocycles. The van der Waals surface area contributed by atoms with Crippen LogP contribution in [0.3, 0.4) is 0 Å². The molecule has 1 aromatic carbocycles. The molecule has 1 aromatic heterocycles. The molecule has 1 saturated heterocycles. The van der Waals surface area contributed by atoms with Gasteiger partial charge in [0.2, 0.25) is 11.8 Å². The second-order valence-corrected chi connectivity index (χ2v) is 7.01. The minimum atomic E-state index is -0.193. The van der Waals surface area contributed by atoms with E-state index < -0.39 is 0 Å². The summed E-state index contributed by atoms with van der Waals surface area (Å²) in [6.45, 7) is 1.21. The first-order chi connectivity index (χ1) is 13.2. The molecule has 8 nitrogen and oxygen atoms in total. The minimum Gasteiger partial charge on any atom is -0.338 e. The van der Waals surface area contributed by atoms with E-state index in [1.807, 2.05) is 35.2 Å². The Hall–Kier alpha value is -3.03. The van der Waals surface area contributed by atoms with Crippen LogP contribution in [0.25, 0.3) is 5.69 Å². The van der Waals surface area contributed by atoms with Crippen LogP contribution in [0.2, 0.25) is 0 Å². The van der Waals surface area contributed by atoms with Crippen molar-refractivity contribution < 1.29 is 9.59 Å². The maximum Gasteiger partial charge on any atom is 0.249 e. The van der Waals surface area contributed by atoms with Crippen molar-refractivity contribution in [3.8, 4) is 5.69 Å². The molecule has 1 fully saturated rings. The molecule has 2 aliphatic rings. The van der Waals surface area contributed by atoms with Crippen LogP contribution in [-0.4, -0.2) is 50.0 Å². The van der Waals surface area contributed by atoms with E-state index in [-0.39, 0.29) is 17.7 Å². The zero-order valence-corrected chi connectivity index (χ0v) is 15.0. The van der Waals surface area contributed by atoms with E-state index in [0.29, 0.717) is 12.2 Å². The van der Waals surface area contributed by atoms with Crippen molar-refractivity contribution in [1.29, 1.82) is 0 Å². The molecular formula is C19H22N6O2. The number of nitrogens with zero attached hydrogens (tertiary/aromatic N) is 5. The fraction of sp³-hybridized carbons (Fsp3) is 0.421. The number of likely N-dealkylation sites (tertiary alicyclic amines) is 1. The highest BCUT2D eigenvalue weighted by Crippen LogP contribution is 2.24. The highest BCUT2D eigenvalue weighted by molar-refractivity contribution is 5.96. The second kappa shape index (κ2) is 7.69. The number of rotatable bonds is 4. The SMILES string of the molecule is O=C(Nc1cccc(-n2cnnn2)c1)[C@H]1CCCN(C(=O)C2=CCCC2)C1. The smallest absolute Gasteiger partial charge is 0.249 e. The van der Waals surface area contributed by atoms with Crippen molar-refractivity contribution in [1.82, 2.24) is 25.1 Å². The molecule has 4 rings (SSSR count). The molecule has 140 valence electrons. The Kier molecular flexibility index (Phi) is 4.95. The van der Waals surface area contributed by atoms with E-state index in [9.17, 15) is 9.59 Å². The standard InChI is InChI=1S/C19H22N6O2/c26-18(21-16-8-3-9-17(11-16)25-13-20-22-23-25)15-7-4-10-24(12-15)19(27)14-5-1-2-6-14/h3,5,8-9,11,13,15H,1-2,4,6-7,10,12H2,(H,21,26)/t15-/m0/s1. The van der Waals surface area contributed by atoms with E-state index in [4.69, 9.17) is 0 Å². The molecule has 2 aromatic rings. The Morgan fingerprint density at radius 1 is 1.22 bits per heavy atom. The molecule has 27 heavy (non-hydrogen) atoms. The van der Waals surface area contributed by atoms with Crippen molar-refractivity contribution in [2.75, 3.05) is 18.4 Å². The van der Waals surface area contributed by atoms with E-state index in [2.05, 4.69) is 20.8 Å².